The molecule has 0 unspecified atom stereocenters. The smallest absolute Gasteiger partial charge is 0.240 e. The van der Waals surface area contributed by atoms with Crippen LogP contribution in [0.1, 0.15) is 77.6 Å². The van der Waals surface area contributed by atoms with Crippen LogP contribution in [0.3, 0.4) is 0 Å². The van der Waals surface area contributed by atoms with E-state index in [0.717, 1.165) is 68.4 Å². The lowest BCUT2D eigenvalue weighted by Crippen LogP contribution is -2.28. The van der Waals surface area contributed by atoms with E-state index in [1.807, 2.05) is 6.33 Å². The standard InChI is InChI=1S/C48H52N6O/c1-31(2)44-28-51(36-18-14-17-34(23-36)47(5,6)7)30-53(44)37-24-35(48(8,9)10)25-39(26-37)55-38-21-22-41-40-19-11-12-20-42(40)54(43(41)27-38)46-50-49-29-52(46)45-32(3)15-13-16-33(45)4/h11-29,31H,30H2,1-10H3. The SMILES string of the molecule is Cc1cccc(C)c1-n1cnnc1-n1c2ccccc2c2ccc(Oc3cc(N4CN(c5cccc(C(C)(C)C)c5)C=C4C(C)C)cc(C(C)(C)C)c3)cc21. The summed E-state index contributed by atoms with van der Waals surface area (Å²) in [5.41, 5.74) is 11.6. The van der Waals surface area contributed by atoms with Crippen molar-refractivity contribution in [3.8, 4) is 23.1 Å². The Morgan fingerprint density at radius 2 is 1.35 bits per heavy atom. The Labute approximate surface area is 325 Å². The largest absolute Gasteiger partial charge is 0.457 e. The fraction of sp³-hybridized carbons (Fsp3) is 0.292. The topological polar surface area (TPSA) is 51.4 Å². The number of hydrogen-bond acceptors (Lipinski definition) is 5. The van der Waals surface area contributed by atoms with E-state index in [0.29, 0.717) is 5.92 Å². The number of benzene rings is 5. The number of allylic oxidation sites excluding steroid dienone is 1. The Kier molecular flexibility index (Phi) is 8.87. The van der Waals surface area contributed by atoms with Gasteiger partial charge in [0, 0.05) is 46.2 Å². The van der Waals surface area contributed by atoms with Gasteiger partial charge in [0.25, 0.3) is 0 Å². The van der Waals surface area contributed by atoms with E-state index in [2.05, 4.69) is 203 Å². The van der Waals surface area contributed by atoms with Gasteiger partial charge in [-0.25, -0.2) is 0 Å². The maximum atomic E-state index is 6.89. The van der Waals surface area contributed by atoms with E-state index in [1.54, 1.807) is 0 Å². The number of ether oxygens (including phenoxy) is 1. The number of aromatic nitrogens is 4. The molecule has 0 radical (unpaired) electrons. The van der Waals surface area contributed by atoms with Crippen molar-refractivity contribution in [3.63, 3.8) is 0 Å². The third-order valence-electron chi connectivity index (χ3n) is 10.9. The summed E-state index contributed by atoms with van der Waals surface area (Å²) in [5.74, 6) is 2.62. The van der Waals surface area contributed by atoms with Gasteiger partial charge in [-0.05, 0) is 95.3 Å². The lowest BCUT2D eigenvalue weighted by atomic mass is 9.86. The summed E-state index contributed by atoms with van der Waals surface area (Å²) in [7, 11) is 0. The lowest BCUT2D eigenvalue weighted by molar-refractivity contribution is 0.479. The molecule has 0 aliphatic carbocycles. The summed E-state index contributed by atoms with van der Waals surface area (Å²) in [5, 5.41) is 11.4. The molecule has 0 saturated carbocycles. The van der Waals surface area contributed by atoms with Crippen molar-refractivity contribution >= 4 is 33.2 Å². The van der Waals surface area contributed by atoms with Gasteiger partial charge < -0.3 is 14.5 Å². The summed E-state index contributed by atoms with van der Waals surface area (Å²) < 4.78 is 11.2. The van der Waals surface area contributed by atoms with Crippen LogP contribution in [0.5, 0.6) is 11.5 Å². The van der Waals surface area contributed by atoms with Gasteiger partial charge in [0.05, 0.1) is 23.4 Å². The number of nitrogens with zero attached hydrogens (tertiary/aromatic N) is 6. The van der Waals surface area contributed by atoms with Gasteiger partial charge >= 0.3 is 0 Å². The molecule has 0 spiro atoms. The Hall–Kier alpha value is -5.82. The van der Waals surface area contributed by atoms with Crippen LogP contribution in [-0.2, 0) is 10.8 Å². The Morgan fingerprint density at radius 3 is 2.07 bits per heavy atom. The molecule has 0 bridgehead atoms. The monoisotopic (exact) mass is 728 g/mol. The first-order valence-electron chi connectivity index (χ1n) is 19.4. The first-order chi connectivity index (χ1) is 26.2. The highest BCUT2D eigenvalue weighted by molar-refractivity contribution is 6.09. The highest BCUT2D eigenvalue weighted by Crippen LogP contribution is 2.41. The normalized spacial score (nSPS) is 13.8. The fourth-order valence-electron chi connectivity index (χ4n) is 7.82. The molecule has 1 aliphatic rings. The van der Waals surface area contributed by atoms with E-state index in [-0.39, 0.29) is 10.8 Å². The molecule has 8 rings (SSSR count). The predicted molar refractivity (Wildman–Crippen MR) is 228 cm³/mol. The van der Waals surface area contributed by atoms with Gasteiger partial charge in [-0.15, -0.1) is 10.2 Å². The summed E-state index contributed by atoms with van der Waals surface area (Å²) >= 11 is 0. The Balaban J connectivity index is 1.21. The van der Waals surface area contributed by atoms with Crippen LogP contribution in [0.4, 0.5) is 11.4 Å². The highest BCUT2D eigenvalue weighted by atomic mass is 16.5. The quantitative estimate of drug-likeness (QED) is 0.164. The van der Waals surface area contributed by atoms with Crippen LogP contribution in [-0.4, -0.2) is 26.0 Å². The Morgan fingerprint density at radius 1 is 0.655 bits per heavy atom. The average Bonchev–Trinajstić information content (AvgIpc) is 3.87. The molecule has 55 heavy (non-hydrogen) atoms. The van der Waals surface area contributed by atoms with Gasteiger partial charge in [0.1, 0.15) is 17.8 Å². The molecular weight excluding hydrogens is 677 g/mol. The molecule has 0 saturated heterocycles. The highest BCUT2D eigenvalue weighted by Gasteiger charge is 2.28. The molecule has 280 valence electrons. The van der Waals surface area contributed by atoms with Gasteiger partial charge in [0.2, 0.25) is 5.95 Å². The minimum absolute atomic E-state index is 0.0718. The third-order valence-corrected chi connectivity index (χ3v) is 10.9. The molecule has 7 heteroatoms. The van der Waals surface area contributed by atoms with E-state index in [9.17, 15) is 0 Å². The molecule has 3 heterocycles. The van der Waals surface area contributed by atoms with Crippen molar-refractivity contribution in [3.05, 3.63) is 144 Å². The van der Waals surface area contributed by atoms with Crippen molar-refractivity contribution in [2.45, 2.75) is 80.1 Å². The molecular formula is C48H52N6O. The van der Waals surface area contributed by atoms with Gasteiger partial charge in [0.15, 0.2) is 0 Å². The number of anilines is 2. The molecule has 0 N–H and O–H groups in total. The molecule has 0 amide bonds. The van der Waals surface area contributed by atoms with Crippen LogP contribution in [0.25, 0.3) is 33.4 Å². The number of rotatable bonds is 7. The first kappa shape index (κ1) is 36.2. The zero-order valence-electron chi connectivity index (χ0n) is 33.8. The molecule has 1 aliphatic heterocycles. The van der Waals surface area contributed by atoms with Crippen LogP contribution in [0.2, 0.25) is 0 Å². The van der Waals surface area contributed by atoms with Crippen LogP contribution < -0.4 is 14.5 Å². The van der Waals surface area contributed by atoms with E-state index in [4.69, 9.17) is 9.84 Å². The minimum atomic E-state index is -0.0928. The molecule has 2 aromatic heterocycles. The lowest BCUT2D eigenvalue weighted by Gasteiger charge is -2.29. The molecule has 0 atom stereocenters. The van der Waals surface area contributed by atoms with Crippen LogP contribution in [0.15, 0.2) is 121 Å². The number of aryl methyl sites for hydroxylation is 2. The maximum Gasteiger partial charge on any atom is 0.240 e. The van der Waals surface area contributed by atoms with Crippen molar-refractivity contribution in [1.82, 2.24) is 19.3 Å². The molecule has 7 aromatic rings. The minimum Gasteiger partial charge on any atom is -0.457 e. The third kappa shape index (κ3) is 6.66. The summed E-state index contributed by atoms with van der Waals surface area (Å²) in [6, 6.07) is 36.9. The zero-order chi connectivity index (χ0) is 38.8. The van der Waals surface area contributed by atoms with Crippen LogP contribution in [0, 0.1) is 19.8 Å². The van der Waals surface area contributed by atoms with Crippen molar-refractivity contribution in [1.29, 1.82) is 0 Å². The van der Waals surface area contributed by atoms with E-state index < -0.39 is 0 Å². The predicted octanol–water partition coefficient (Wildman–Crippen LogP) is 12.2. The number of fused-ring (bicyclic) bond motifs is 3. The number of para-hydroxylation sites is 2. The second-order valence-corrected chi connectivity index (χ2v) is 17.4. The fourth-order valence-corrected chi connectivity index (χ4v) is 7.82. The summed E-state index contributed by atoms with van der Waals surface area (Å²) in [4.78, 5) is 4.82. The second kappa shape index (κ2) is 13.5. The summed E-state index contributed by atoms with van der Waals surface area (Å²) in [6.07, 6.45) is 4.13. The van der Waals surface area contributed by atoms with Gasteiger partial charge in [-0.2, -0.15) is 0 Å². The summed E-state index contributed by atoms with van der Waals surface area (Å²) in [6.45, 7) is 23.1. The maximum absolute atomic E-state index is 6.89. The van der Waals surface area contributed by atoms with Crippen molar-refractivity contribution in [2.75, 3.05) is 16.5 Å². The van der Waals surface area contributed by atoms with Gasteiger partial charge in [-0.1, -0.05) is 104 Å². The second-order valence-electron chi connectivity index (χ2n) is 17.4. The zero-order valence-corrected chi connectivity index (χ0v) is 33.8. The molecule has 5 aromatic carbocycles. The van der Waals surface area contributed by atoms with Crippen LogP contribution >= 0.6 is 0 Å². The average molecular weight is 729 g/mol. The van der Waals surface area contributed by atoms with E-state index in [1.165, 1.54) is 22.5 Å². The number of hydrogen-bond donors (Lipinski definition) is 0. The van der Waals surface area contributed by atoms with Crippen molar-refractivity contribution < 1.29 is 4.74 Å². The molecule has 0 fully saturated rings. The Bertz CT molecular complexity index is 2570. The van der Waals surface area contributed by atoms with Crippen molar-refractivity contribution in [2.24, 2.45) is 5.92 Å². The van der Waals surface area contributed by atoms with Gasteiger partial charge in [-0.3, -0.25) is 9.13 Å². The molecule has 7 nitrogen and oxygen atoms in total. The van der Waals surface area contributed by atoms with E-state index >= 15 is 0 Å². The first-order valence-corrected chi connectivity index (χ1v) is 19.4.